The molecule has 2 aromatic carbocycles. The summed E-state index contributed by atoms with van der Waals surface area (Å²) in [6.45, 7) is 0. The van der Waals surface area contributed by atoms with Gasteiger partial charge in [-0.25, -0.2) is 4.79 Å². The number of aliphatic hydroxyl groups excluding tert-OH is 1. The van der Waals surface area contributed by atoms with Gasteiger partial charge in [0, 0.05) is 0 Å². The van der Waals surface area contributed by atoms with Crippen LogP contribution in [0.15, 0.2) is 60.7 Å². The molecule has 3 N–H and O–H groups in total. The van der Waals surface area contributed by atoms with Gasteiger partial charge in [0.15, 0.2) is 6.10 Å². The number of hydrogen-bond donors (Lipinski definition) is 3. The summed E-state index contributed by atoms with van der Waals surface area (Å²) in [5.74, 6) is -2.85. The maximum atomic E-state index is 9.72. The average molecular weight is 316 g/mol. The molecular formula is C18H20O5. The van der Waals surface area contributed by atoms with Gasteiger partial charge < -0.3 is 15.3 Å². The number of benzene rings is 2. The van der Waals surface area contributed by atoms with Gasteiger partial charge in [0.2, 0.25) is 0 Å². The number of aryl methyl sites for hydroxylation is 2. The van der Waals surface area contributed by atoms with Gasteiger partial charge in [-0.05, 0) is 24.0 Å². The highest BCUT2D eigenvalue weighted by Crippen LogP contribution is 2.06. The first-order valence-corrected chi connectivity index (χ1v) is 7.19. The van der Waals surface area contributed by atoms with Gasteiger partial charge in [-0.3, -0.25) is 4.79 Å². The van der Waals surface area contributed by atoms with E-state index in [2.05, 4.69) is 60.7 Å². The van der Waals surface area contributed by atoms with Crippen LogP contribution in [0.3, 0.4) is 0 Å². The quantitative estimate of drug-likeness (QED) is 0.760. The van der Waals surface area contributed by atoms with Crippen molar-refractivity contribution in [1.82, 2.24) is 0 Å². The van der Waals surface area contributed by atoms with E-state index in [0.717, 1.165) is 12.8 Å². The predicted octanol–water partition coefficient (Wildman–Crippen LogP) is 2.38. The van der Waals surface area contributed by atoms with Crippen LogP contribution >= 0.6 is 0 Å². The standard InChI is InChI=1S/C14H14.C4H6O5/c1-3-7-13(8-4-1)11-12-14-9-5-2-6-10-14;5-2(4(8)9)1-3(6)7/h1-10H,11-12H2;2,5H,1H2,(H,6,7)(H,8,9). The Hall–Kier alpha value is -2.66. The summed E-state index contributed by atoms with van der Waals surface area (Å²) in [6.07, 6.45) is -0.284. The maximum absolute atomic E-state index is 9.72. The number of aliphatic carboxylic acids is 2. The van der Waals surface area contributed by atoms with Crippen molar-refractivity contribution in [3.8, 4) is 0 Å². The first-order valence-electron chi connectivity index (χ1n) is 7.19. The highest BCUT2D eigenvalue weighted by atomic mass is 16.4. The lowest BCUT2D eigenvalue weighted by Crippen LogP contribution is -2.22. The molecule has 0 radical (unpaired) electrons. The van der Waals surface area contributed by atoms with Gasteiger partial charge >= 0.3 is 11.9 Å². The highest BCUT2D eigenvalue weighted by molar-refractivity contribution is 5.79. The number of aliphatic hydroxyl groups is 1. The first-order chi connectivity index (χ1) is 11.0. The zero-order chi connectivity index (χ0) is 17.1. The summed E-state index contributed by atoms with van der Waals surface area (Å²) >= 11 is 0. The predicted molar refractivity (Wildman–Crippen MR) is 86.2 cm³/mol. The average Bonchev–Trinajstić information content (AvgIpc) is 2.55. The van der Waals surface area contributed by atoms with E-state index >= 15 is 0 Å². The number of rotatable bonds is 6. The van der Waals surface area contributed by atoms with Gasteiger partial charge in [0.25, 0.3) is 0 Å². The molecule has 1 atom stereocenters. The third-order valence-electron chi connectivity index (χ3n) is 3.04. The van der Waals surface area contributed by atoms with Crippen LogP contribution < -0.4 is 0 Å². The maximum Gasteiger partial charge on any atom is 0.333 e. The molecule has 23 heavy (non-hydrogen) atoms. The van der Waals surface area contributed by atoms with Crippen LogP contribution in [0.25, 0.3) is 0 Å². The van der Waals surface area contributed by atoms with Crippen LogP contribution in [0.4, 0.5) is 0 Å². The highest BCUT2D eigenvalue weighted by Gasteiger charge is 2.16. The molecule has 0 saturated carbocycles. The molecule has 122 valence electrons. The molecule has 0 bridgehead atoms. The molecule has 0 fully saturated rings. The van der Waals surface area contributed by atoms with E-state index in [1.165, 1.54) is 11.1 Å². The van der Waals surface area contributed by atoms with Crippen molar-refractivity contribution in [2.75, 3.05) is 0 Å². The third-order valence-corrected chi connectivity index (χ3v) is 3.04. The summed E-state index contributed by atoms with van der Waals surface area (Å²) in [6, 6.07) is 21.2. The Morgan fingerprint density at radius 3 is 1.43 bits per heavy atom. The zero-order valence-electron chi connectivity index (χ0n) is 12.6. The molecule has 2 aromatic rings. The second-order valence-electron chi connectivity index (χ2n) is 4.92. The van der Waals surface area contributed by atoms with Crippen LogP contribution in [0.2, 0.25) is 0 Å². The lowest BCUT2D eigenvalue weighted by atomic mass is 10.0. The van der Waals surface area contributed by atoms with Crippen molar-refractivity contribution < 1.29 is 24.9 Å². The molecule has 0 aromatic heterocycles. The van der Waals surface area contributed by atoms with E-state index in [4.69, 9.17) is 15.3 Å². The van der Waals surface area contributed by atoms with Gasteiger partial charge in [-0.1, -0.05) is 60.7 Å². The van der Waals surface area contributed by atoms with E-state index < -0.39 is 24.5 Å². The fourth-order valence-corrected chi connectivity index (χ4v) is 1.83. The summed E-state index contributed by atoms with van der Waals surface area (Å²) in [5, 5.41) is 24.1. The topological polar surface area (TPSA) is 94.8 Å². The largest absolute Gasteiger partial charge is 0.481 e. The van der Waals surface area contributed by atoms with E-state index in [1.807, 2.05) is 0 Å². The van der Waals surface area contributed by atoms with Gasteiger partial charge in [-0.15, -0.1) is 0 Å². The van der Waals surface area contributed by atoms with Crippen LogP contribution in [0.5, 0.6) is 0 Å². The smallest absolute Gasteiger partial charge is 0.333 e. The van der Waals surface area contributed by atoms with Crippen LogP contribution in [-0.4, -0.2) is 33.4 Å². The van der Waals surface area contributed by atoms with Crippen molar-refractivity contribution in [2.24, 2.45) is 0 Å². The van der Waals surface area contributed by atoms with Gasteiger partial charge in [0.05, 0.1) is 6.42 Å². The molecule has 0 amide bonds. The SMILES string of the molecule is O=C(O)CC(O)C(=O)O.c1ccc(CCc2ccccc2)cc1. The normalized spacial score (nSPS) is 11.0. The lowest BCUT2D eigenvalue weighted by molar-refractivity contribution is -0.152. The van der Waals surface area contributed by atoms with E-state index in [0.29, 0.717) is 0 Å². The Kier molecular flexibility index (Phi) is 8.10. The number of carboxylic acids is 2. The van der Waals surface area contributed by atoms with Crippen LogP contribution in [-0.2, 0) is 22.4 Å². The molecule has 0 spiro atoms. The summed E-state index contributed by atoms with van der Waals surface area (Å²) in [5.41, 5.74) is 2.83. The van der Waals surface area contributed by atoms with Crippen LogP contribution in [0.1, 0.15) is 17.5 Å². The monoisotopic (exact) mass is 316 g/mol. The molecule has 0 heterocycles. The van der Waals surface area contributed by atoms with E-state index in [1.54, 1.807) is 0 Å². The number of hydrogen-bond acceptors (Lipinski definition) is 3. The minimum absolute atomic E-state index is 0.755. The molecular weight excluding hydrogens is 296 g/mol. The van der Waals surface area contributed by atoms with Crippen molar-refractivity contribution in [2.45, 2.75) is 25.4 Å². The Labute approximate surface area is 134 Å². The third kappa shape index (κ3) is 8.38. The molecule has 2 rings (SSSR count). The molecule has 5 nitrogen and oxygen atoms in total. The number of carboxylic acid groups (broad SMARTS) is 2. The minimum atomic E-state index is -1.79. The first kappa shape index (κ1) is 18.4. The van der Waals surface area contributed by atoms with E-state index in [9.17, 15) is 9.59 Å². The van der Waals surface area contributed by atoms with Crippen LogP contribution in [0, 0.1) is 0 Å². The second kappa shape index (κ2) is 10.1. The van der Waals surface area contributed by atoms with Gasteiger partial charge in [0.1, 0.15) is 0 Å². The van der Waals surface area contributed by atoms with Gasteiger partial charge in [-0.2, -0.15) is 0 Å². The zero-order valence-corrected chi connectivity index (χ0v) is 12.6. The van der Waals surface area contributed by atoms with Crippen molar-refractivity contribution >= 4 is 11.9 Å². The van der Waals surface area contributed by atoms with E-state index in [-0.39, 0.29) is 0 Å². The molecule has 0 aliphatic rings. The Morgan fingerprint density at radius 1 is 0.783 bits per heavy atom. The number of carbonyl (C=O) groups is 2. The lowest BCUT2D eigenvalue weighted by Gasteiger charge is -2.01. The second-order valence-corrected chi connectivity index (χ2v) is 4.92. The molecule has 5 heteroatoms. The Bertz CT molecular complexity index is 556. The molecule has 1 unspecified atom stereocenters. The molecule has 0 aliphatic heterocycles. The Balaban J connectivity index is 0.000000257. The summed E-state index contributed by atoms with van der Waals surface area (Å²) in [7, 11) is 0. The minimum Gasteiger partial charge on any atom is -0.481 e. The molecule has 0 aliphatic carbocycles. The summed E-state index contributed by atoms with van der Waals surface area (Å²) in [4.78, 5) is 19.4. The molecule has 0 saturated heterocycles. The van der Waals surface area contributed by atoms with Crippen molar-refractivity contribution in [3.63, 3.8) is 0 Å². The summed E-state index contributed by atoms with van der Waals surface area (Å²) < 4.78 is 0. The van der Waals surface area contributed by atoms with Crippen molar-refractivity contribution in [1.29, 1.82) is 0 Å². The fraction of sp³-hybridized carbons (Fsp3) is 0.222. The fourth-order valence-electron chi connectivity index (χ4n) is 1.83. The van der Waals surface area contributed by atoms with Crippen molar-refractivity contribution in [3.05, 3.63) is 71.8 Å². The Morgan fingerprint density at radius 2 is 1.17 bits per heavy atom.